The van der Waals surface area contributed by atoms with E-state index in [0.717, 1.165) is 4.73 Å². The lowest BCUT2D eigenvalue weighted by Crippen LogP contribution is -2.24. The topological polar surface area (TPSA) is 126 Å². The number of nitrogens with zero attached hydrogens (tertiary/aromatic N) is 2. The Morgan fingerprint density at radius 3 is 2.64 bits per heavy atom. The predicted molar refractivity (Wildman–Crippen MR) is 95.3 cm³/mol. The van der Waals surface area contributed by atoms with Crippen molar-refractivity contribution >= 4 is 50.8 Å². The van der Waals surface area contributed by atoms with Crippen molar-refractivity contribution in [2.75, 3.05) is 0 Å². The maximum absolute atomic E-state index is 12.8. The van der Waals surface area contributed by atoms with Crippen molar-refractivity contribution in [3.05, 3.63) is 41.6 Å². The minimum Gasteiger partial charge on any atom is -0.505 e. The summed E-state index contributed by atoms with van der Waals surface area (Å²) in [5, 5.41) is 10.9. The number of hydrogen-bond donors (Lipinski definition) is 1. The standard InChI is InChI=1S/C16H6N2O8S2/c19-13-6-3-1-2-4-7(6)17-11(13)12-14(20)10-8-5-9-15(24-27(21)23-9)16(10)25-28(22)26-18(8)12/h1-5,20H. The highest BCUT2D eigenvalue weighted by molar-refractivity contribution is 7.76. The molecule has 3 aliphatic heterocycles. The van der Waals surface area contributed by atoms with Crippen LogP contribution in [0.1, 0.15) is 16.1 Å². The molecule has 0 amide bonds. The molecule has 4 bridgehead atoms. The molecular formula is C16H6N2O8S2. The maximum Gasteiger partial charge on any atom is 0.437 e. The number of benzene rings is 2. The Hall–Kier alpha value is -3.38. The van der Waals surface area contributed by atoms with Gasteiger partial charge in [0.15, 0.2) is 17.2 Å². The fourth-order valence-corrected chi connectivity index (χ4v) is 4.56. The van der Waals surface area contributed by atoms with E-state index in [0.29, 0.717) is 11.3 Å². The van der Waals surface area contributed by atoms with Crippen molar-refractivity contribution in [1.29, 1.82) is 0 Å². The number of hydrogen-bond acceptors (Lipinski definition) is 9. The van der Waals surface area contributed by atoms with Crippen molar-refractivity contribution in [2.24, 2.45) is 4.99 Å². The van der Waals surface area contributed by atoms with Gasteiger partial charge in [-0.1, -0.05) is 12.1 Å². The van der Waals surface area contributed by atoms with Crippen LogP contribution >= 0.6 is 0 Å². The molecule has 10 nitrogen and oxygen atoms in total. The third-order valence-corrected chi connectivity index (χ3v) is 5.67. The summed E-state index contributed by atoms with van der Waals surface area (Å²) in [6, 6.07) is 8.08. The van der Waals surface area contributed by atoms with E-state index >= 15 is 0 Å². The number of aliphatic imine (C=N–C) groups is 1. The molecule has 2 unspecified atom stereocenters. The number of ketones is 1. The number of carbonyl (C=O) groups is 1. The van der Waals surface area contributed by atoms with Crippen molar-refractivity contribution in [3.8, 4) is 23.0 Å². The van der Waals surface area contributed by atoms with Crippen LogP contribution in [0.15, 0.2) is 35.3 Å². The van der Waals surface area contributed by atoms with Gasteiger partial charge in [0, 0.05) is 11.6 Å². The third kappa shape index (κ3) is 1.85. The molecule has 3 aliphatic rings. The molecule has 0 saturated heterocycles. The monoisotopic (exact) mass is 418 g/mol. The highest BCUT2D eigenvalue weighted by Gasteiger charge is 2.40. The van der Waals surface area contributed by atoms with Crippen LogP contribution in [-0.2, 0) is 22.7 Å². The fraction of sp³-hybridized carbons (Fsp3) is 0. The molecule has 28 heavy (non-hydrogen) atoms. The van der Waals surface area contributed by atoms with Crippen LogP contribution in [-0.4, -0.2) is 29.7 Å². The SMILES string of the molecule is O=C1C(c2c(O)c3c4c5c(cc3n2OS(=O)O4)OS(=O)O5)=Nc2ccccc21. The van der Waals surface area contributed by atoms with Crippen molar-refractivity contribution < 1.29 is 35.2 Å². The summed E-state index contributed by atoms with van der Waals surface area (Å²) in [5.74, 6) is -1.02. The van der Waals surface area contributed by atoms with E-state index in [1.807, 2.05) is 0 Å². The third-order valence-electron chi connectivity index (χ3n) is 4.48. The smallest absolute Gasteiger partial charge is 0.437 e. The molecular weight excluding hydrogens is 412 g/mol. The first kappa shape index (κ1) is 15.7. The average molecular weight is 418 g/mol. The zero-order chi connectivity index (χ0) is 19.2. The Balaban J connectivity index is 1.68. The minimum atomic E-state index is -2.34. The van der Waals surface area contributed by atoms with Crippen molar-refractivity contribution in [2.45, 2.75) is 0 Å². The maximum atomic E-state index is 12.8. The highest BCUT2D eigenvalue weighted by Crippen LogP contribution is 2.53. The molecule has 2 aromatic carbocycles. The lowest BCUT2D eigenvalue weighted by atomic mass is 10.1. The van der Waals surface area contributed by atoms with E-state index in [1.165, 1.54) is 6.07 Å². The number of aromatic nitrogens is 1. The van der Waals surface area contributed by atoms with Crippen LogP contribution in [0.3, 0.4) is 0 Å². The lowest BCUT2D eigenvalue weighted by Gasteiger charge is -2.10. The Morgan fingerprint density at radius 1 is 1.04 bits per heavy atom. The van der Waals surface area contributed by atoms with Gasteiger partial charge in [-0.05, 0) is 12.1 Å². The van der Waals surface area contributed by atoms with Crippen LogP contribution in [0.25, 0.3) is 10.9 Å². The van der Waals surface area contributed by atoms with Gasteiger partial charge in [0.2, 0.25) is 17.3 Å². The quantitative estimate of drug-likeness (QED) is 0.629. The van der Waals surface area contributed by atoms with Gasteiger partial charge in [-0.3, -0.25) is 9.08 Å². The summed E-state index contributed by atoms with van der Waals surface area (Å²) in [4.78, 5) is 17.1. The Labute approximate surface area is 160 Å². The van der Waals surface area contributed by atoms with Crippen molar-refractivity contribution in [1.82, 2.24) is 4.73 Å². The second-order valence-corrected chi connectivity index (χ2v) is 7.42. The number of para-hydroxylation sites is 1. The van der Waals surface area contributed by atoms with Gasteiger partial charge >= 0.3 is 22.7 Å². The minimum absolute atomic E-state index is 0.0524. The van der Waals surface area contributed by atoms with Crippen LogP contribution in [0.2, 0.25) is 0 Å². The Kier molecular flexibility index (Phi) is 2.86. The van der Waals surface area contributed by atoms with E-state index in [-0.39, 0.29) is 45.3 Å². The summed E-state index contributed by atoms with van der Waals surface area (Å²) in [5.41, 5.74) is 0.830. The average Bonchev–Trinajstić information content (AvgIpc) is 3.25. The first-order valence-electron chi connectivity index (χ1n) is 7.77. The predicted octanol–water partition coefficient (Wildman–Crippen LogP) is 1.41. The zero-order valence-electron chi connectivity index (χ0n) is 13.4. The molecule has 0 spiro atoms. The van der Waals surface area contributed by atoms with E-state index in [9.17, 15) is 18.3 Å². The van der Waals surface area contributed by atoms with Crippen LogP contribution in [0, 0.1) is 0 Å². The molecule has 140 valence electrons. The first-order valence-corrected chi connectivity index (χ1v) is 9.77. The van der Waals surface area contributed by atoms with E-state index in [4.69, 9.17) is 16.8 Å². The zero-order valence-corrected chi connectivity index (χ0v) is 15.0. The Bertz CT molecular complexity index is 1340. The molecule has 1 N–H and O–H groups in total. The van der Waals surface area contributed by atoms with E-state index < -0.39 is 28.5 Å². The largest absolute Gasteiger partial charge is 0.505 e. The van der Waals surface area contributed by atoms with Gasteiger partial charge in [0.1, 0.15) is 11.2 Å². The van der Waals surface area contributed by atoms with E-state index in [1.54, 1.807) is 24.3 Å². The molecule has 1 aromatic heterocycles. The highest BCUT2D eigenvalue weighted by atomic mass is 32.2. The summed E-state index contributed by atoms with van der Waals surface area (Å²) in [6.07, 6.45) is 0. The van der Waals surface area contributed by atoms with Gasteiger partial charge in [0.25, 0.3) is 0 Å². The summed E-state index contributed by atoms with van der Waals surface area (Å²) in [6.45, 7) is 0. The summed E-state index contributed by atoms with van der Waals surface area (Å²) >= 11 is -4.43. The van der Waals surface area contributed by atoms with Crippen LogP contribution in [0.4, 0.5) is 5.69 Å². The molecule has 12 heteroatoms. The fourth-order valence-electron chi connectivity index (χ4n) is 3.36. The van der Waals surface area contributed by atoms with Crippen molar-refractivity contribution in [3.63, 3.8) is 0 Å². The van der Waals surface area contributed by atoms with Crippen LogP contribution in [0.5, 0.6) is 23.0 Å². The molecule has 0 saturated carbocycles. The normalized spacial score (nSPS) is 21.3. The lowest BCUT2D eigenvalue weighted by molar-refractivity contribution is 0.106. The number of carbonyl (C=O) groups excluding carboxylic acids is 1. The van der Waals surface area contributed by atoms with Gasteiger partial charge in [-0.15, -0.1) is 0 Å². The molecule has 2 atom stereocenters. The number of fused-ring (bicyclic) bond motifs is 3. The van der Waals surface area contributed by atoms with Crippen LogP contribution < -0.4 is 16.8 Å². The van der Waals surface area contributed by atoms with Gasteiger partial charge in [-0.2, -0.15) is 13.1 Å². The molecule has 0 radical (unpaired) electrons. The second kappa shape index (κ2) is 5.11. The van der Waals surface area contributed by atoms with Gasteiger partial charge < -0.3 is 17.7 Å². The molecule has 4 heterocycles. The summed E-state index contributed by atoms with van der Waals surface area (Å²) < 4.78 is 45.3. The first-order chi connectivity index (χ1) is 13.5. The second-order valence-electron chi connectivity index (χ2n) is 5.96. The number of rotatable bonds is 1. The molecule has 0 aliphatic carbocycles. The van der Waals surface area contributed by atoms with Gasteiger partial charge in [-0.25, -0.2) is 4.99 Å². The number of aromatic hydroxyl groups is 1. The van der Waals surface area contributed by atoms with E-state index in [2.05, 4.69) is 4.99 Å². The summed E-state index contributed by atoms with van der Waals surface area (Å²) in [7, 11) is 0. The molecule has 3 aromatic rings. The molecule has 0 fully saturated rings. The van der Waals surface area contributed by atoms with Gasteiger partial charge in [0.05, 0.1) is 11.1 Å². The Morgan fingerprint density at radius 2 is 1.82 bits per heavy atom. The molecule has 6 rings (SSSR count). The number of Topliss-reactive ketones (excluding diaryl/α,β-unsaturated/α-hetero) is 1.